The molecule has 17 heavy (non-hydrogen) atoms. The van der Waals surface area contributed by atoms with Crippen LogP contribution in [-0.4, -0.2) is 13.1 Å². The summed E-state index contributed by atoms with van der Waals surface area (Å²) in [6, 6.07) is 4.19. The van der Waals surface area contributed by atoms with E-state index in [1.54, 1.807) is 6.07 Å². The summed E-state index contributed by atoms with van der Waals surface area (Å²) in [4.78, 5) is 0. The molecular weight excluding hydrogens is 229 g/mol. The molecule has 1 aromatic carbocycles. The van der Waals surface area contributed by atoms with Crippen LogP contribution in [0.15, 0.2) is 18.2 Å². The van der Waals surface area contributed by atoms with Crippen LogP contribution in [0.4, 0.5) is 24.5 Å². The summed E-state index contributed by atoms with van der Waals surface area (Å²) in [7, 11) is 0. The fraction of sp³-hybridized carbons (Fsp3) is 0.500. The Kier molecular flexibility index (Phi) is 2.72. The quantitative estimate of drug-likeness (QED) is 0.729. The molecule has 5 heteroatoms. The molecular formula is C12H15F3N2. The monoisotopic (exact) mass is 244 g/mol. The minimum Gasteiger partial charge on any atom is -0.383 e. The van der Waals surface area contributed by atoms with E-state index >= 15 is 0 Å². The molecule has 0 aromatic heterocycles. The van der Waals surface area contributed by atoms with Gasteiger partial charge in [-0.3, -0.25) is 0 Å². The Hall–Kier alpha value is -1.39. The van der Waals surface area contributed by atoms with E-state index in [4.69, 9.17) is 0 Å². The lowest BCUT2D eigenvalue weighted by atomic mass is 9.94. The van der Waals surface area contributed by atoms with E-state index < -0.39 is 11.7 Å². The smallest absolute Gasteiger partial charge is 0.383 e. The summed E-state index contributed by atoms with van der Waals surface area (Å²) in [6.07, 6.45) is -4.32. The van der Waals surface area contributed by atoms with Gasteiger partial charge in [0.15, 0.2) is 0 Å². The van der Waals surface area contributed by atoms with Crippen LogP contribution in [-0.2, 0) is 6.18 Å². The molecule has 2 nitrogen and oxygen atoms in total. The summed E-state index contributed by atoms with van der Waals surface area (Å²) >= 11 is 0. The second-order valence-electron chi connectivity index (χ2n) is 5.10. The molecule has 0 fully saturated rings. The summed E-state index contributed by atoms with van der Waals surface area (Å²) in [5.41, 5.74) is -0.0156. The van der Waals surface area contributed by atoms with Gasteiger partial charge in [0.25, 0.3) is 0 Å². The van der Waals surface area contributed by atoms with Gasteiger partial charge in [0, 0.05) is 13.1 Å². The Bertz CT molecular complexity index is 424. The molecule has 0 unspecified atom stereocenters. The van der Waals surface area contributed by atoms with E-state index in [2.05, 4.69) is 10.6 Å². The highest BCUT2D eigenvalue weighted by Gasteiger charge is 2.35. The zero-order valence-electron chi connectivity index (χ0n) is 9.78. The normalized spacial score (nSPS) is 18.6. The maximum atomic E-state index is 12.8. The number of benzene rings is 1. The summed E-state index contributed by atoms with van der Waals surface area (Å²) in [6.45, 7) is 5.17. The van der Waals surface area contributed by atoms with Gasteiger partial charge >= 0.3 is 6.18 Å². The fourth-order valence-electron chi connectivity index (χ4n) is 1.85. The van der Waals surface area contributed by atoms with Gasteiger partial charge in [-0.2, -0.15) is 13.2 Å². The molecule has 0 amide bonds. The number of nitrogens with one attached hydrogen (secondary N) is 2. The van der Waals surface area contributed by atoms with E-state index in [0.717, 1.165) is 6.07 Å². The average molecular weight is 244 g/mol. The van der Waals surface area contributed by atoms with Crippen molar-refractivity contribution in [3.05, 3.63) is 23.8 Å². The minimum atomic E-state index is -4.32. The van der Waals surface area contributed by atoms with Crippen LogP contribution >= 0.6 is 0 Å². The van der Waals surface area contributed by atoms with Crippen LogP contribution in [0.3, 0.4) is 0 Å². The number of halogens is 3. The van der Waals surface area contributed by atoms with Crippen LogP contribution < -0.4 is 10.6 Å². The van der Waals surface area contributed by atoms with Gasteiger partial charge < -0.3 is 10.6 Å². The second-order valence-corrected chi connectivity index (χ2v) is 5.10. The Morgan fingerprint density at radius 3 is 2.41 bits per heavy atom. The molecule has 0 saturated carbocycles. The van der Waals surface area contributed by atoms with Gasteiger partial charge in [-0.05, 0) is 17.5 Å². The van der Waals surface area contributed by atoms with Crippen LogP contribution in [0.5, 0.6) is 0 Å². The number of alkyl halides is 3. The number of anilines is 2. The molecule has 1 aliphatic rings. The molecule has 94 valence electrons. The van der Waals surface area contributed by atoms with Crippen molar-refractivity contribution in [2.24, 2.45) is 5.41 Å². The topological polar surface area (TPSA) is 24.1 Å². The third-order valence-corrected chi connectivity index (χ3v) is 2.87. The van der Waals surface area contributed by atoms with Crippen molar-refractivity contribution in [1.29, 1.82) is 0 Å². The van der Waals surface area contributed by atoms with Crippen LogP contribution in [0.2, 0.25) is 0 Å². The highest BCUT2D eigenvalue weighted by atomic mass is 19.4. The van der Waals surface area contributed by atoms with Crippen molar-refractivity contribution >= 4 is 11.4 Å². The lowest BCUT2D eigenvalue weighted by Gasteiger charge is -2.22. The molecule has 0 aliphatic carbocycles. The Morgan fingerprint density at radius 1 is 1.12 bits per heavy atom. The van der Waals surface area contributed by atoms with Gasteiger partial charge in [0.1, 0.15) is 0 Å². The summed E-state index contributed by atoms with van der Waals surface area (Å²) < 4.78 is 38.5. The molecule has 2 N–H and O–H groups in total. The maximum absolute atomic E-state index is 12.8. The lowest BCUT2D eigenvalue weighted by Crippen LogP contribution is -2.28. The van der Waals surface area contributed by atoms with E-state index in [-0.39, 0.29) is 11.1 Å². The summed E-state index contributed by atoms with van der Waals surface area (Å²) in [5.74, 6) is 0. The van der Waals surface area contributed by atoms with Crippen molar-refractivity contribution in [2.45, 2.75) is 20.0 Å². The van der Waals surface area contributed by atoms with Gasteiger partial charge in [0.2, 0.25) is 0 Å². The van der Waals surface area contributed by atoms with Crippen molar-refractivity contribution in [1.82, 2.24) is 0 Å². The molecule has 0 bridgehead atoms. The Morgan fingerprint density at radius 2 is 1.76 bits per heavy atom. The summed E-state index contributed by atoms with van der Waals surface area (Å²) in [5, 5.41) is 5.97. The van der Waals surface area contributed by atoms with E-state index in [9.17, 15) is 13.2 Å². The van der Waals surface area contributed by atoms with E-state index in [0.29, 0.717) is 18.8 Å². The van der Waals surface area contributed by atoms with Gasteiger partial charge in [0.05, 0.1) is 16.9 Å². The maximum Gasteiger partial charge on any atom is 0.418 e. The Balaban J connectivity index is 2.43. The molecule has 0 atom stereocenters. The molecule has 1 aromatic rings. The average Bonchev–Trinajstić information content (AvgIpc) is 2.36. The van der Waals surface area contributed by atoms with E-state index in [1.165, 1.54) is 6.07 Å². The fourth-order valence-corrected chi connectivity index (χ4v) is 1.85. The van der Waals surface area contributed by atoms with Crippen molar-refractivity contribution in [3.63, 3.8) is 0 Å². The molecule has 0 saturated heterocycles. The first-order valence-electron chi connectivity index (χ1n) is 5.48. The first-order valence-corrected chi connectivity index (χ1v) is 5.48. The molecule has 1 heterocycles. The molecule has 0 spiro atoms. The van der Waals surface area contributed by atoms with Crippen LogP contribution in [0, 0.1) is 5.41 Å². The largest absolute Gasteiger partial charge is 0.418 e. The molecule has 1 aliphatic heterocycles. The van der Waals surface area contributed by atoms with Gasteiger partial charge in [-0.1, -0.05) is 19.9 Å². The lowest BCUT2D eigenvalue weighted by molar-refractivity contribution is -0.136. The van der Waals surface area contributed by atoms with Gasteiger partial charge in [-0.25, -0.2) is 0 Å². The zero-order valence-corrected chi connectivity index (χ0v) is 9.78. The van der Waals surface area contributed by atoms with Gasteiger partial charge in [-0.15, -0.1) is 0 Å². The first-order chi connectivity index (χ1) is 7.80. The predicted molar refractivity (Wildman–Crippen MR) is 62.2 cm³/mol. The third kappa shape index (κ3) is 2.48. The Labute approximate surface area is 98.2 Å². The highest BCUT2D eigenvalue weighted by Crippen LogP contribution is 2.40. The zero-order chi connectivity index (χ0) is 12.7. The van der Waals surface area contributed by atoms with Crippen molar-refractivity contribution < 1.29 is 13.2 Å². The number of hydrogen-bond acceptors (Lipinski definition) is 2. The minimum absolute atomic E-state index is 0.0815. The first kappa shape index (κ1) is 12.1. The number of hydrogen-bond donors (Lipinski definition) is 2. The van der Waals surface area contributed by atoms with Crippen LogP contribution in [0.1, 0.15) is 19.4 Å². The number of fused-ring (bicyclic) bond motifs is 1. The molecule has 2 rings (SSSR count). The number of para-hydroxylation sites is 1. The number of rotatable bonds is 0. The van der Waals surface area contributed by atoms with Crippen LogP contribution in [0.25, 0.3) is 0 Å². The SMILES string of the molecule is CC1(C)CNc2cccc(C(F)(F)F)c2NC1. The standard InChI is InChI=1S/C12H15F3N2/c1-11(2)6-16-9-5-3-4-8(12(13,14)15)10(9)17-7-11/h3-5,16-17H,6-7H2,1-2H3. The highest BCUT2D eigenvalue weighted by molar-refractivity contribution is 5.74. The molecule has 0 radical (unpaired) electrons. The van der Waals surface area contributed by atoms with Crippen molar-refractivity contribution in [3.8, 4) is 0 Å². The van der Waals surface area contributed by atoms with Crippen molar-refractivity contribution in [2.75, 3.05) is 23.7 Å². The van der Waals surface area contributed by atoms with E-state index in [1.807, 2.05) is 13.8 Å². The third-order valence-electron chi connectivity index (χ3n) is 2.87. The second kappa shape index (κ2) is 3.82. The predicted octanol–water partition coefficient (Wildman–Crippen LogP) is 3.57.